The van der Waals surface area contributed by atoms with Gasteiger partial charge in [0.25, 0.3) is 0 Å². The predicted octanol–water partition coefficient (Wildman–Crippen LogP) is -1.06. The van der Waals surface area contributed by atoms with E-state index < -0.39 is 0 Å². The minimum Gasteiger partial charge on any atom is -1.00 e. The van der Waals surface area contributed by atoms with Gasteiger partial charge < -0.3 is 21.6 Å². The maximum atomic E-state index is 11.7. The van der Waals surface area contributed by atoms with E-state index in [0.717, 1.165) is 11.0 Å². The lowest BCUT2D eigenvalue weighted by Crippen LogP contribution is -3.00. The van der Waals surface area contributed by atoms with Crippen LogP contribution in [0.25, 0.3) is 0 Å². The summed E-state index contributed by atoms with van der Waals surface area (Å²) in [5.41, 5.74) is 0.607. The topological polar surface area (TPSA) is 26.3 Å². The maximum Gasteiger partial charge on any atom is 0.338 e. The first-order chi connectivity index (χ1) is 7.38. The van der Waals surface area contributed by atoms with Crippen molar-refractivity contribution in [3.8, 4) is 0 Å². The highest BCUT2D eigenvalue weighted by molar-refractivity contribution is 5.89. The highest BCUT2D eigenvalue weighted by Gasteiger charge is 2.18. The summed E-state index contributed by atoms with van der Waals surface area (Å²) < 4.78 is 6.14. The number of benzene rings is 1. The van der Waals surface area contributed by atoms with E-state index in [2.05, 4.69) is 21.1 Å². The number of likely N-dealkylation sites (N-methyl/N-ethyl adjacent to an activating group) is 1. The van der Waals surface area contributed by atoms with Gasteiger partial charge in [0.2, 0.25) is 0 Å². The zero-order valence-corrected chi connectivity index (χ0v) is 11.6. The fourth-order valence-electron chi connectivity index (χ4n) is 1.63. The van der Waals surface area contributed by atoms with Crippen molar-refractivity contribution in [2.24, 2.45) is 0 Å². The fourth-order valence-corrected chi connectivity index (χ4v) is 1.63. The molecule has 1 aromatic rings. The quantitative estimate of drug-likeness (QED) is 0.508. The number of ether oxygens (including phenoxy) is 1. The van der Waals surface area contributed by atoms with E-state index in [4.69, 9.17) is 4.74 Å². The van der Waals surface area contributed by atoms with Gasteiger partial charge in [0.05, 0.1) is 26.7 Å². The molecule has 0 aliphatic heterocycles. The van der Waals surface area contributed by atoms with Crippen molar-refractivity contribution < 1.29 is 26.4 Å². The molecule has 0 bridgehead atoms. The molecule has 0 aliphatic rings. The number of hydrogen-bond donors (Lipinski definition) is 0. The predicted molar refractivity (Wildman–Crippen MR) is 64.2 cm³/mol. The molecule has 0 aromatic heterocycles. The molecule has 0 N–H and O–H groups in total. The Morgan fingerprint density at radius 3 is 2.24 bits per heavy atom. The van der Waals surface area contributed by atoms with Crippen molar-refractivity contribution in [3.05, 3.63) is 35.9 Å². The number of carbonyl (C=O) groups is 1. The molecule has 0 fully saturated rings. The minimum atomic E-state index is -0.249. The Hall–Kier alpha value is -1.06. The molecule has 0 heterocycles. The van der Waals surface area contributed by atoms with Crippen molar-refractivity contribution in [1.29, 1.82) is 0 Å². The first-order valence-electron chi connectivity index (χ1n) is 5.45. The van der Waals surface area contributed by atoms with Crippen LogP contribution in [0, 0.1) is 0 Å². The molecule has 3 nitrogen and oxygen atoms in total. The third-order valence-electron chi connectivity index (χ3n) is 2.12. The van der Waals surface area contributed by atoms with Crippen molar-refractivity contribution >= 4 is 5.97 Å². The van der Waals surface area contributed by atoms with E-state index in [0.29, 0.717) is 5.56 Å². The molecule has 4 heteroatoms. The molecular formula is C13H20ClNO2. The summed E-state index contributed by atoms with van der Waals surface area (Å²) in [6.45, 7) is 2.73. The summed E-state index contributed by atoms with van der Waals surface area (Å²) in [6, 6.07) is 9.08. The van der Waals surface area contributed by atoms with Gasteiger partial charge in [-0.2, -0.15) is 0 Å². The molecule has 1 atom stereocenters. The summed E-state index contributed by atoms with van der Waals surface area (Å²) in [4.78, 5) is 11.7. The van der Waals surface area contributed by atoms with Gasteiger partial charge in [0.1, 0.15) is 12.6 Å². The molecule has 17 heavy (non-hydrogen) atoms. The number of hydrogen-bond acceptors (Lipinski definition) is 2. The normalized spacial score (nSPS) is 12.5. The summed E-state index contributed by atoms with van der Waals surface area (Å²) >= 11 is 0. The second-order valence-corrected chi connectivity index (χ2v) is 5.05. The van der Waals surface area contributed by atoms with Crippen molar-refractivity contribution in [2.75, 3.05) is 27.7 Å². The number of halogens is 1. The molecule has 0 saturated carbocycles. The summed E-state index contributed by atoms with van der Waals surface area (Å²) in [6.07, 6.45) is -0.0762. The van der Waals surface area contributed by atoms with Gasteiger partial charge in [-0.05, 0) is 19.1 Å². The Morgan fingerprint density at radius 1 is 1.24 bits per heavy atom. The zero-order valence-electron chi connectivity index (χ0n) is 10.8. The summed E-state index contributed by atoms with van der Waals surface area (Å²) in [7, 11) is 6.23. The third-order valence-corrected chi connectivity index (χ3v) is 2.12. The maximum absolute atomic E-state index is 11.7. The summed E-state index contributed by atoms with van der Waals surface area (Å²) in [5.74, 6) is -0.249. The largest absolute Gasteiger partial charge is 1.00 e. The van der Waals surface area contributed by atoms with Crippen LogP contribution in [0.4, 0.5) is 0 Å². The van der Waals surface area contributed by atoms with Crippen LogP contribution in [0.2, 0.25) is 0 Å². The van der Waals surface area contributed by atoms with Crippen LogP contribution in [0.5, 0.6) is 0 Å². The van der Waals surface area contributed by atoms with E-state index in [1.165, 1.54) is 0 Å². The van der Waals surface area contributed by atoms with Gasteiger partial charge in [0.15, 0.2) is 0 Å². The first kappa shape index (κ1) is 15.9. The van der Waals surface area contributed by atoms with Crippen LogP contribution >= 0.6 is 0 Å². The van der Waals surface area contributed by atoms with Crippen LogP contribution in [0.3, 0.4) is 0 Å². The average molecular weight is 258 g/mol. The Balaban J connectivity index is 0.00000256. The monoisotopic (exact) mass is 257 g/mol. The molecule has 0 saturated heterocycles. The lowest BCUT2D eigenvalue weighted by atomic mass is 10.2. The van der Waals surface area contributed by atoms with Gasteiger partial charge in [-0.15, -0.1) is 0 Å². The SMILES string of the molecule is CC(C[N+](C)(C)C)OC(=O)c1ccccc1.[Cl-]. The van der Waals surface area contributed by atoms with Crippen LogP contribution in [-0.2, 0) is 4.74 Å². The van der Waals surface area contributed by atoms with E-state index >= 15 is 0 Å². The summed E-state index contributed by atoms with van der Waals surface area (Å²) in [5, 5.41) is 0. The van der Waals surface area contributed by atoms with Crippen LogP contribution < -0.4 is 12.4 Å². The van der Waals surface area contributed by atoms with Gasteiger partial charge >= 0.3 is 5.97 Å². The fraction of sp³-hybridized carbons (Fsp3) is 0.462. The number of nitrogens with zero attached hydrogens (tertiary/aromatic N) is 1. The smallest absolute Gasteiger partial charge is 0.338 e. The highest BCUT2D eigenvalue weighted by Crippen LogP contribution is 2.05. The standard InChI is InChI=1S/C13H20NO2.ClH/c1-11(10-14(2,3)4)16-13(15)12-8-6-5-7-9-12;/h5-9,11H,10H2,1-4H3;1H/q+1;/p-1. The highest BCUT2D eigenvalue weighted by atomic mass is 35.5. The molecular weight excluding hydrogens is 238 g/mol. The van der Waals surface area contributed by atoms with Crippen LogP contribution in [0.1, 0.15) is 17.3 Å². The molecule has 0 amide bonds. The molecule has 1 unspecified atom stereocenters. The third kappa shape index (κ3) is 6.29. The second-order valence-electron chi connectivity index (χ2n) is 5.05. The second kappa shape index (κ2) is 6.62. The van der Waals surface area contributed by atoms with Crippen LogP contribution in [-0.4, -0.2) is 44.2 Å². The van der Waals surface area contributed by atoms with Gasteiger partial charge in [-0.1, -0.05) is 18.2 Å². The Bertz CT molecular complexity index is 346. The Morgan fingerprint density at radius 2 is 1.76 bits per heavy atom. The number of esters is 1. The van der Waals surface area contributed by atoms with Crippen molar-refractivity contribution in [3.63, 3.8) is 0 Å². The van der Waals surface area contributed by atoms with E-state index in [-0.39, 0.29) is 24.5 Å². The Labute approximate surface area is 109 Å². The lowest BCUT2D eigenvalue weighted by Gasteiger charge is -2.27. The van der Waals surface area contributed by atoms with Gasteiger partial charge in [-0.3, -0.25) is 0 Å². The number of quaternary nitrogens is 1. The molecule has 0 aliphatic carbocycles. The van der Waals surface area contributed by atoms with Gasteiger partial charge in [0, 0.05) is 0 Å². The zero-order chi connectivity index (χ0) is 12.2. The Kier molecular flexibility index (Phi) is 6.21. The molecule has 0 radical (unpaired) electrons. The first-order valence-corrected chi connectivity index (χ1v) is 5.45. The average Bonchev–Trinajstić information content (AvgIpc) is 2.16. The van der Waals surface area contributed by atoms with Crippen molar-refractivity contribution in [1.82, 2.24) is 0 Å². The molecule has 1 aromatic carbocycles. The van der Waals surface area contributed by atoms with E-state index in [1.54, 1.807) is 12.1 Å². The van der Waals surface area contributed by atoms with Crippen molar-refractivity contribution in [2.45, 2.75) is 13.0 Å². The minimum absolute atomic E-state index is 0. The lowest BCUT2D eigenvalue weighted by molar-refractivity contribution is -0.873. The molecule has 0 spiro atoms. The van der Waals surface area contributed by atoms with E-state index in [1.807, 2.05) is 25.1 Å². The van der Waals surface area contributed by atoms with Crippen LogP contribution in [0.15, 0.2) is 30.3 Å². The molecule has 96 valence electrons. The number of carbonyl (C=O) groups excluding carboxylic acids is 1. The van der Waals surface area contributed by atoms with E-state index in [9.17, 15) is 4.79 Å². The molecule has 1 rings (SSSR count). The number of rotatable bonds is 4. The van der Waals surface area contributed by atoms with Gasteiger partial charge in [-0.25, -0.2) is 4.79 Å².